The van der Waals surface area contributed by atoms with Crippen LogP contribution >= 0.6 is 0 Å². The second kappa shape index (κ2) is 11.8. The molecule has 0 bridgehead atoms. The zero-order chi connectivity index (χ0) is 34.9. The first-order valence-corrected chi connectivity index (χ1v) is 18.3. The van der Waals surface area contributed by atoms with E-state index >= 15 is 0 Å². The summed E-state index contributed by atoms with van der Waals surface area (Å²) in [4.78, 5) is 0. The van der Waals surface area contributed by atoms with E-state index in [1.54, 1.807) is 0 Å². The molecule has 1 nitrogen and oxygen atoms in total. The minimum atomic E-state index is 0.907. The van der Waals surface area contributed by atoms with Gasteiger partial charge in [-0.2, -0.15) is 0 Å². The zero-order valence-corrected chi connectivity index (χ0v) is 28.9. The Balaban J connectivity index is 1.26. The quantitative estimate of drug-likeness (QED) is 0.170. The summed E-state index contributed by atoms with van der Waals surface area (Å²) < 4.78 is 6.26. The van der Waals surface area contributed by atoms with E-state index in [1.807, 2.05) is 6.07 Å². The summed E-state index contributed by atoms with van der Waals surface area (Å²) in [7, 11) is 0. The number of furan rings is 1. The number of hydrogen-bond acceptors (Lipinski definition) is 1. The summed E-state index contributed by atoms with van der Waals surface area (Å²) >= 11 is 0. The number of para-hydroxylation sites is 1. The Bertz CT molecular complexity index is 3080. The Morgan fingerprint density at radius 2 is 0.698 bits per heavy atom. The van der Waals surface area contributed by atoms with Gasteiger partial charge in [0.25, 0.3) is 0 Å². The summed E-state index contributed by atoms with van der Waals surface area (Å²) in [5.41, 5.74) is 11.6. The molecule has 0 aliphatic carbocycles. The van der Waals surface area contributed by atoms with Crippen molar-refractivity contribution in [1.29, 1.82) is 0 Å². The number of hydrogen-bond donors (Lipinski definition) is 0. The minimum Gasteiger partial charge on any atom is -0.456 e. The molecule has 0 fully saturated rings. The van der Waals surface area contributed by atoms with E-state index in [9.17, 15) is 0 Å². The van der Waals surface area contributed by atoms with Crippen molar-refractivity contribution >= 4 is 65.0 Å². The maximum atomic E-state index is 6.26. The molecule has 11 aromatic rings. The highest BCUT2D eigenvalue weighted by Gasteiger charge is 2.23. The van der Waals surface area contributed by atoms with Gasteiger partial charge in [-0.05, 0) is 118 Å². The van der Waals surface area contributed by atoms with Crippen molar-refractivity contribution in [2.45, 2.75) is 0 Å². The van der Waals surface area contributed by atoms with E-state index in [2.05, 4.69) is 188 Å². The molecule has 0 N–H and O–H groups in total. The number of rotatable bonds is 4. The van der Waals surface area contributed by atoms with E-state index in [4.69, 9.17) is 4.42 Å². The zero-order valence-electron chi connectivity index (χ0n) is 28.9. The fourth-order valence-electron chi connectivity index (χ4n) is 8.61. The standard InChI is InChI=1S/C52H32O/c1-3-14-35-30-37(26-24-33(35)12-1)40-21-11-22-41(38-27-25-34-13-2-4-15-36(34)31-38)51(40)52-45-19-7-5-17-43(45)50(44-18-6-8-20-46(44)52)39-28-29-49-47(32-39)42-16-9-10-23-48(42)53-49/h1-32H. The normalized spacial score (nSPS) is 11.8. The molecule has 0 aliphatic heterocycles. The fourth-order valence-corrected chi connectivity index (χ4v) is 8.61. The molecule has 0 saturated heterocycles. The predicted octanol–water partition coefficient (Wildman–Crippen LogP) is 14.9. The Morgan fingerprint density at radius 1 is 0.245 bits per heavy atom. The van der Waals surface area contributed by atoms with Crippen LogP contribution in [0.15, 0.2) is 199 Å². The summed E-state index contributed by atoms with van der Waals surface area (Å²) in [5, 5.41) is 12.1. The lowest BCUT2D eigenvalue weighted by atomic mass is 9.80. The summed E-state index contributed by atoms with van der Waals surface area (Å²) in [5.74, 6) is 0. The molecule has 0 amide bonds. The topological polar surface area (TPSA) is 13.1 Å². The van der Waals surface area contributed by atoms with Crippen LogP contribution in [-0.2, 0) is 0 Å². The minimum absolute atomic E-state index is 0.907. The van der Waals surface area contributed by atoms with Gasteiger partial charge in [-0.3, -0.25) is 0 Å². The van der Waals surface area contributed by atoms with E-state index < -0.39 is 0 Å². The van der Waals surface area contributed by atoms with Crippen molar-refractivity contribution in [3.63, 3.8) is 0 Å². The monoisotopic (exact) mass is 672 g/mol. The average Bonchev–Trinajstić information content (AvgIpc) is 3.60. The van der Waals surface area contributed by atoms with Gasteiger partial charge in [-0.1, -0.05) is 164 Å². The molecule has 0 unspecified atom stereocenters. The first kappa shape index (κ1) is 29.7. The second-order valence-corrected chi connectivity index (χ2v) is 14.0. The van der Waals surface area contributed by atoms with Crippen molar-refractivity contribution < 1.29 is 4.42 Å². The molecular weight excluding hydrogens is 641 g/mol. The van der Waals surface area contributed by atoms with Crippen molar-refractivity contribution in [3.8, 4) is 44.5 Å². The van der Waals surface area contributed by atoms with Gasteiger partial charge in [0.05, 0.1) is 0 Å². The smallest absolute Gasteiger partial charge is 0.135 e. The average molecular weight is 673 g/mol. The maximum absolute atomic E-state index is 6.26. The van der Waals surface area contributed by atoms with Crippen molar-refractivity contribution in [3.05, 3.63) is 194 Å². The maximum Gasteiger partial charge on any atom is 0.135 e. The number of benzene rings is 10. The highest BCUT2D eigenvalue weighted by molar-refractivity contribution is 6.24. The summed E-state index contributed by atoms with van der Waals surface area (Å²) in [6.07, 6.45) is 0. The van der Waals surface area contributed by atoms with Crippen LogP contribution in [0.3, 0.4) is 0 Å². The van der Waals surface area contributed by atoms with Crippen LogP contribution in [-0.4, -0.2) is 0 Å². The molecular formula is C52H32O. The third-order valence-corrected chi connectivity index (χ3v) is 11.0. The second-order valence-electron chi connectivity index (χ2n) is 14.0. The van der Waals surface area contributed by atoms with Gasteiger partial charge >= 0.3 is 0 Å². The van der Waals surface area contributed by atoms with E-state index in [1.165, 1.54) is 87.6 Å². The molecule has 1 heteroatoms. The molecule has 0 spiro atoms. The Labute approximate surface area is 307 Å². The molecule has 10 aromatic carbocycles. The number of fused-ring (bicyclic) bond motifs is 7. The lowest BCUT2D eigenvalue weighted by molar-refractivity contribution is 0.669. The van der Waals surface area contributed by atoms with Crippen LogP contribution in [0.2, 0.25) is 0 Å². The first-order valence-electron chi connectivity index (χ1n) is 18.3. The molecule has 0 atom stereocenters. The van der Waals surface area contributed by atoms with Gasteiger partial charge in [0.1, 0.15) is 11.2 Å². The highest BCUT2D eigenvalue weighted by Crippen LogP contribution is 2.50. The SMILES string of the molecule is c1cc(-c2ccc3ccccc3c2)c(-c2c3ccccc3c(-c3ccc4oc5ccccc5c4c3)c3ccccc23)c(-c2ccc3ccccc3c2)c1. The fraction of sp³-hybridized carbons (Fsp3) is 0. The lowest BCUT2D eigenvalue weighted by Crippen LogP contribution is -1.95. The Morgan fingerprint density at radius 3 is 1.28 bits per heavy atom. The van der Waals surface area contributed by atoms with Gasteiger partial charge in [0.15, 0.2) is 0 Å². The molecule has 1 aromatic heterocycles. The van der Waals surface area contributed by atoms with E-state index in [0.29, 0.717) is 0 Å². The molecule has 0 aliphatic rings. The van der Waals surface area contributed by atoms with Crippen molar-refractivity contribution in [1.82, 2.24) is 0 Å². The van der Waals surface area contributed by atoms with Gasteiger partial charge in [0.2, 0.25) is 0 Å². The first-order chi connectivity index (χ1) is 26.3. The molecule has 11 rings (SSSR count). The van der Waals surface area contributed by atoms with Crippen molar-refractivity contribution in [2.75, 3.05) is 0 Å². The molecule has 0 radical (unpaired) electrons. The van der Waals surface area contributed by atoms with Crippen LogP contribution in [0, 0.1) is 0 Å². The highest BCUT2D eigenvalue weighted by atomic mass is 16.3. The van der Waals surface area contributed by atoms with E-state index in [0.717, 1.165) is 21.9 Å². The van der Waals surface area contributed by atoms with Gasteiger partial charge < -0.3 is 4.42 Å². The van der Waals surface area contributed by atoms with Crippen LogP contribution in [0.5, 0.6) is 0 Å². The van der Waals surface area contributed by atoms with Crippen molar-refractivity contribution in [2.24, 2.45) is 0 Å². The van der Waals surface area contributed by atoms with Crippen LogP contribution in [0.1, 0.15) is 0 Å². The van der Waals surface area contributed by atoms with Crippen LogP contribution in [0.4, 0.5) is 0 Å². The van der Waals surface area contributed by atoms with Crippen LogP contribution < -0.4 is 0 Å². The lowest BCUT2D eigenvalue weighted by Gasteiger charge is -2.22. The van der Waals surface area contributed by atoms with E-state index in [-0.39, 0.29) is 0 Å². The van der Waals surface area contributed by atoms with Gasteiger partial charge in [-0.15, -0.1) is 0 Å². The Kier molecular flexibility index (Phi) is 6.62. The molecule has 246 valence electrons. The van der Waals surface area contributed by atoms with Gasteiger partial charge in [0, 0.05) is 10.8 Å². The third kappa shape index (κ3) is 4.71. The summed E-state index contributed by atoms with van der Waals surface area (Å²) in [6, 6.07) is 70.9. The van der Waals surface area contributed by atoms with Crippen LogP contribution in [0.25, 0.3) is 110 Å². The predicted molar refractivity (Wildman–Crippen MR) is 225 cm³/mol. The third-order valence-electron chi connectivity index (χ3n) is 11.0. The summed E-state index contributed by atoms with van der Waals surface area (Å²) in [6.45, 7) is 0. The molecule has 0 saturated carbocycles. The molecule has 53 heavy (non-hydrogen) atoms. The molecule has 1 heterocycles. The Hall–Kier alpha value is -6.96. The largest absolute Gasteiger partial charge is 0.456 e. The van der Waals surface area contributed by atoms with Gasteiger partial charge in [-0.25, -0.2) is 0 Å².